The van der Waals surface area contributed by atoms with E-state index in [4.69, 9.17) is 19.4 Å². The van der Waals surface area contributed by atoms with Gasteiger partial charge in [0, 0.05) is 63.9 Å². The SMILES string of the molecule is O=C(O)[C@@H](c1ccccc1C1CC1)N1CC[C@@H](OCCCCc2ccc3c(n2)NCCC3)C1.O=C(O)[C@H](c1ccccc1C1CC1)N1CC[C@@H](OCCCCc2ccc3c(n2)NCCC3)C1. The lowest BCUT2D eigenvalue weighted by Gasteiger charge is -2.26. The van der Waals surface area contributed by atoms with E-state index in [1.165, 1.54) is 60.8 Å². The second kappa shape index (κ2) is 22.3. The highest BCUT2D eigenvalue weighted by molar-refractivity contribution is 5.77. The van der Waals surface area contributed by atoms with Crippen molar-refractivity contribution in [3.05, 3.63) is 118 Å². The fraction of sp³-hybridized carbons (Fsp3) is 0.556. The smallest absolute Gasteiger partial charge is 0.325 e. The van der Waals surface area contributed by atoms with Gasteiger partial charge in [0.15, 0.2) is 0 Å². The lowest BCUT2D eigenvalue weighted by molar-refractivity contribution is -0.144. The summed E-state index contributed by atoms with van der Waals surface area (Å²) in [6.45, 7) is 6.40. The van der Waals surface area contributed by atoms with Gasteiger partial charge in [0.05, 0.1) is 12.2 Å². The molecule has 2 saturated heterocycles. The highest BCUT2D eigenvalue weighted by Crippen LogP contribution is 2.45. The Balaban J connectivity index is 0.000000166. The van der Waals surface area contributed by atoms with Crippen LogP contribution >= 0.6 is 0 Å². The Kier molecular flexibility index (Phi) is 15.6. The van der Waals surface area contributed by atoms with Crippen molar-refractivity contribution in [1.82, 2.24) is 19.8 Å². The summed E-state index contributed by atoms with van der Waals surface area (Å²) >= 11 is 0. The van der Waals surface area contributed by atoms with Crippen molar-refractivity contribution in [2.24, 2.45) is 0 Å². The molecule has 4 aliphatic heterocycles. The fourth-order valence-electron chi connectivity index (χ4n) is 10.6. The van der Waals surface area contributed by atoms with E-state index in [1.54, 1.807) is 0 Å². The number of pyridine rings is 2. The van der Waals surface area contributed by atoms with Gasteiger partial charge >= 0.3 is 11.9 Å². The van der Waals surface area contributed by atoms with Crippen molar-refractivity contribution in [2.75, 3.05) is 63.1 Å². The molecule has 0 unspecified atom stereocenters. The molecule has 0 spiro atoms. The number of ether oxygens (including phenoxy) is 2. The summed E-state index contributed by atoms with van der Waals surface area (Å²) < 4.78 is 12.3. The maximum absolute atomic E-state index is 12.2. The molecule has 6 aliphatic rings. The fourth-order valence-corrected chi connectivity index (χ4v) is 10.6. The Morgan fingerprint density at radius 3 is 1.45 bits per heavy atom. The molecule has 0 bridgehead atoms. The predicted octanol–water partition coefficient (Wildman–Crippen LogP) is 9.11. The van der Waals surface area contributed by atoms with Gasteiger partial charge in [-0.2, -0.15) is 0 Å². The van der Waals surface area contributed by atoms with Crippen LogP contribution in [-0.4, -0.2) is 107 Å². The summed E-state index contributed by atoms with van der Waals surface area (Å²) in [6, 6.07) is 23.8. The van der Waals surface area contributed by atoms with E-state index in [0.717, 1.165) is 138 Å². The molecule has 2 aromatic heterocycles. The van der Waals surface area contributed by atoms with Crippen LogP contribution in [0, 0.1) is 0 Å². The Morgan fingerprint density at radius 1 is 0.591 bits per heavy atom. The van der Waals surface area contributed by atoms with Crippen LogP contribution in [0.3, 0.4) is 0 Å². The van der Waals surface area contributed by atoms with Crippen LogP contribution in [0.25, 0.3) is 0 Å². The third-order valence-electron chi connectivity index (χ3n) is 14.4. The summed E-state index contributed by atoms with van der Waals surface area (Å²) in [7, 11) is 0. The van der Waals surface area contributed by atoms with Crippen molar-refractivity contribution in [1.29, 1.82) is 0 Å². The Bertz CT molecular complexity index is 2110. The zero-order chi connectivity index (χ0) is 45.2. The van der Waals surface area contributed by atoms with Crippen LogP contribution in [-0.2, 0) is 44.7 Å². The number of aliphatic carboxylic acids is 2. The molecule has 0 amide bonds. The normalized spacial score (nSPS) is 21.4. The van der Waals surface area contributed by atoms with Gasteiger partial charge in [-0.1, -0.05) is 60.7 Å². The first kappa shape index (κ1) is 46.2. The number of hydrogen-bond donors (Lipinski definition) is 4. The average molecular weight is 899 g/mol. The second-order valence-electron chi connectivity index (χ2n) is 19.4. The van der Waals surface area contributed by atoms with Crippen LogP contribution in [0.2, 0.25) is 0 Å². The molecule has 4 fully saturated rings. The van der Waals surface area contributed by atoms with Gasteiger partial charge in [-0.25, -0.2) is 9.97 Å². The van der Waals surface area contributed by atoms with E-state index >= 15 is 0 Å². The largest absolute Gasteiger partial charge is 0.480 e. The number of aromatic nitrogens is 2. The minimum Gasteiger partial charge on any atom is -0.480 e. The first-order chi connectivity index (χ1) is 32.4. The molecular weight excluding hydrogens is 829 g/mol. The molecule has 4 atom stereocenters. The number of fused-ring (bicyclic) bond motifs is 2. The summed E-state index contributed by atoms with van der Waals surface area (Å²) in [5.74, 6) is 1.71. The Hall–Kier alpha value is -4.88. The Morgan fingerprint density at radius 2 is 1.03 bits per heavy atom. The molecular formula is C54H70N6O6. The number of carbonyl (C=O) groups is 2. The van der Waals surface area contributed by atoms with Gasteiger partial charge in [0.25, 0.3) is 0 Å². The van der Waals surface area contributed by atoms with Gasteiger partial charge in [0.2, 0.25) is 0 Å². The number of nitrogens with one attached hydrogen (secondary N) is 2. The van der Waals surface area contributed by atoms with Crippen molar-refractivity contribution in [3.8, 4) is 0 Å². The molecule has 2 aliphatic carbocycles. The van der Waals surface area contributed by atoms with Gasteiger partial charge < -0.3 is 30.3 Å². The number of aryl methyl sites for hydroxylation is 4. The molecule has 66 heavy (non-hydrogen) atoms. The number of nitrogens with zero attached hydrogens (tertiary/aromatic N) is 4. The first-order valence-corrected chi connectivity index (χ1v) is 25.2. The predicted molar refractivity (Wildman–Crippen MR) is 257 cm³/mol. The Labute approximate surface area is 390 Å². The van der Waals surface area contributed by atoms with Crippen molar-refractivity contribution >= 4 is 23.6 Å². The van der Waals surface area contributed by atoms with Crippen molar-refractivity contribution in [2.45, 2.75) is 139 Å². The molecule has 352 valence electrons. The lowest BCUT2D eigenvalue weighted by atomic mass is 9.96. The molecule has 12 nitrogen and oxygen atoms in total. The van der Waals surface area contributed by atoms with Crippen LogP contribution in [0.5, 0.6) is 0 Å². The van der Waals surface area contributed by atoms with E-state index in [-0.39, 0.29) is 12.2 Å². The quantitative estimate of drug-likeness (QED) is 0.0627. The van der Waals surface area contributed by atoms with Crippen molar-refractivity contribution < 1.29 is 29.3 Å². The molecule has 0 radical (unpaired) electrons. The number of benzene rings is 2. The van der Waals surface area contributed by atoms with Gasteiger partial charge in [-0.05, 0) is 160 Å². The third kappa shape index (κ3) is 12.0. The number of anilines is 2. The first-order valence-electron chi connectivity index (χ1n) is 25.2. The lowest BCUT2D eigenvalue weighted by Crippen LogP contribution is -2.34. The monoisotopic (exact) mass is 899 g/mol. The number of carboxylic acids is 2. The molecule has 4 N–H and O–H groups in total. The highest BCUT2D eigenvalue weighted by Gasteiger charge is 2.39. The van der Waals surface area contributed by atoms with E-state index < -0.39 is 24.0 Å². The van der Waals surface area contributed by atoms with E-state index in [2.05, 4.69) is 56.8 Å². The van der Waals surface area contributed by atoms with E-state index in [9.17, 15) is 19.8 Å². The molecule has 2 aromatic carbocycles. The standard InChI is InChI=1S/2C27H35N3O3/c2*31-27(32)25(24-9-2-1-8-23(24)19-10-11-19)30-16-14-22(18-30)33-17-4-3-7-21-13-12-20-6-5-15-28-26(20)29-21/h2*1-2,8-9,12-13,19,22,25H,3-7,10-11,14-18H2,(H,28,29)(H,31,32)/t22-,25+;22-,25-/m11/s1. The zero-order valence-electron chi connectivity index (χ0n) is 38.7. The van der Waals surface area contributed by atoms with Gasteiger partial charge in [0.1, 0.15) is 23.7 Å². The molecule has 2 saturated carbocycles. The molecule has 12 heteroatoms. The summed E-state index contributed by atoms with van der Waals surface area (Å²) in [4.78, 5) is 38.2. The van der Waals surface area contributed by atoms with Crippen LogP contribution in [0.15, 0.2) is 72.8 Å². The minimum absolute atomic E-state index is 0.117. The topological polar surface area (TPSA) is 149 Å². The molecule has 6 heterocycles. The maximum Gasteiger partial charge on any atom is 0.325 e. The highest BCUT2D eigenvalue weighted by atomic mass is 16.5. The van der Waals surface area contributed by atoms with Crippen LogP contribution in [0.1, 0.15) is 146 Å². The average Bonchev–Trinajstić information content (AvgIpc) is 4.27. The molecule has 4 aromatic rings. The van der Waals surface area contributed by atoms with Gasteiger partial charge in [-0.3, -0.25) is 19.4 Å². The number of likely N-dealkylation sites (tertiary alicyclic amines) is 2. The number of rotatable bonds is 20. The number of unbranched alkanes of at least 4 members (excludes halogenated alkanes) is 2. The maximum atomic E-state index is 12.2. The van der Waals surface area contributed by atoms with E-state index in [1.807, 2.05) is 36.4 Å². The third-order valence-corrected chi connectivity index (χ3v) is 14.4. The molecule has 10 rings (SSSR count). The van der Waals surface area contributed by atoms with Crippen LogP contribution in [0.4, 0.5) is 11.6 Å². The summed E-state index contributed by atoms with van der Waals surface area (Å²) in [5, 5.41) is 26.9. The summed E-state index contributed by atoms with van der Waals surface area (Å²) in [6.07, 6.45) is 17.4. The minimum atomic E-state index is -0.754. The summed E-state index contributed by atoms with van der Waals surface area (Å²) in [5.41, 5.74) is 9.35. The van der Waals surface area contributed by atoms with E-state index in [0.29, 0.717) is 24.9 Å². The number of hydrogen-bond acceptors (Lipinski definition) is 10. The van der Waals surface area contributed by atoms with Gasteiger partial charge in [-0.15, -0.1) is 0 Å². The van der Waals surface area contributed by atoms with Crippen molar-refractivity contribution in [3.63, 3.8) is 0 Å². The number of carboxylic acid groups (broad SMARTS) is 2. The second-order valence-corrected chi connectivity index (χ2v) is 19.4. The zero-order valence-corrected chi connectivity index (χ0v) is 38.7. The van der Waals surface area contributed by atoms with Crippen LogP contribution < -0.4 is 10.6 Å².